The summed E-state index contributed by atoms with van der Waals surface area (Å²) in [4.78, 5) is 28.1. The Hall–Kier alpha value is -2.44. The number of anilines is 1. The molecule has 0 aliphatic carbocycles. The van der Waals surface area contributed by atoms with Crippen molar-refractivity contribution in [2.24, 2.45) is 0 Å². The summed E-state index contributed by atoms with van der Waals surface area (Å²) in [5.74, 6) is -0.902. The lowest BCUT2D eigenvalue weighted by atomic mass is 10.1. The van der Waals surface area contributed by atoms with E-state index in [-0.39, 0.29) is 23.4 Å². The van der Waals surface area contributed by atoms with Crippen molar-refractivity contribution in [2.45, 2.75) is 25.8 Å². The predicted molar refractivity (Wildman–Crippen MR) is 106 cm³/mol. The zero-order chi connectivity index (χ0) is 20.1. The Balaban J connectivity index is 1.87. The first kappa shape index (κ1) is 20.3. The second-order valence-electron chi connectivity index (χ2n) is 6.79. The van der Waals surface area contributed by atoms with E-state index in [0.717, 1.165) is 24.8 Å². The van der Waals surface area contributed by atoms with Gasteiger partial charge in [-0.15, -0.1) is 0 Å². The average Bonchev–Trinajstić information content (AvgIpc) is 2.74. The average molecular weight is 405 g/mol. The summed E-state index contributed by atoms with van der Waals surface area (Å²) in [5, 5.41) is 8.92. The van der Waals surface area contributed by atoms with Crippen molar-refractivity contribution in [3.63, 3.8) is 0 Å². The summed E-state index contributed by atoms with van der Waals surface area (Å²) in [5.41, 5.74) is 1.72. The molecule has 0 aromatic heterocycles. The van der Waals surface area contributed by atoms with E-state index in [9.17, 15) is 14.0 Å². The summed E-state index contributed by atoms with van der Waals surface area (Å²) in [6.45, 7) is 1.08. The number of aliphatic hydroxyl groups is 1. The standard InChI is InChI=1S/C21H22ClFN2O3/c22-18-12-17(8-9-19(18)23)25(21(28)24-10-2-1-3-11-24)13-15-4-6-16(7-5-15)20(27)14-26/h4-9,12,26H,1-3,10-11,13-14H2. The van der Waals surface area contributed by atoms with Gasteiger partial charge in [-0.1, -0.05) is 35.9 Å². The molecule has 1 N–H and O–H groups in total. The third kappa shape index (κ3) is 4.69. The smallest absolute Gasteiger partial charge is 0.324 e. The van der Waals surface area contributed by atoms with Gasteiger partial charge in [-0.25, -0.2) is 9.18 Å². The molecule has 0 radical (unpaired) electrons. The van der Waals surface area contributed by atoms with Crippen LogP contribution in [0.2, 0.25) is 5.02 Å². The lowest BCUT2D eigenvalue weighted by Crippen LogP contribution is -2.45. The molecule has 2 aromatic rings. The molecule has 0 spiro atoms. The van der Waals surface area contributed by atoms with Crippen LogP contribution in [-0.4, -0.2) is 41.5 Å². The van der Waals surface area contributed by atoms with Gasteiger partial charge >= 0.3 is 6.03 Å². The number of benzene rings is 2. The zero-order valence-electron chi connectivity index (χ0n) is 15.4. The molecule has 3 rings (SSSR count). The Morgan fingerprint density at radius 1 is 1.07 bits per heavy atom. The van der Waals surface area contributed by atoms with Gasteiger partial charge in [-0.05, 0) is 43.0 Å². The predicted octanol–water partition coefficient (Wildman–Crippen LogP) is 4.27. The van der Waals surface area contributed by atoms with Crippen LogP contribution < -0.4 is 4.90 Å². The van der Waals surface area contributed by atoms with Crippen molar-refractivity contribution in [1.82, 2.24) is 4.90 Å². The highest BCUT2D eigenvalue weighted by atomic mass is 35.5. The van der Waals surface area contributed by atoms with Gasteiger partial charge in [0.1, 0.15) is 12.4 Å². The van der Waals surface area contributed by atoms with Crippen LogP contribution in [0.3, 0.4) is 0 Å². The van der Waals surface area contributed by atoms with E-state index >= 15 is 0 Å². The van der Waals surface area contributed by atoms with Gasteiger partial charge in [0, 0.05) is 24.3 Å². The quantitative estimate of drug-likeness (QED) is 0.757. The maximum atomic E-state index is 13.6. The number of halogens is 2. The molecule has 1 saturated heterocycles. The Morgan fingerprint density at radius 2 is 1.75 bits per heavy atom. The number of urea groups is 1. The normalized spacial score (nSPS) is 14.0. The topological polar surface area (TPSA) is 60.9 Å². The number of hydrogen-bond acceptors (Lipinski definition) is 3. The van der Waals surface area contributed by atoms with Crippen molar-refractivity contribution >= 4 is 29.1 Å². The van der Waals surface area contributed by atoms with Gasteiger partial charge in [0.2, 0.25) is 0 Å². The maximum absolute atomic E-state index is 13.6. The highest BCUT2D eigenvalue weighted by Crippen LogP contribution is 2.26. The molecule has 0 unspecified atom stereocenters. The van der Waals surface area contributed by atoms with E-state index in [4.69, 9.17) is 16.7 Å². The second kappa shape index (κ2) is 9.17. The fourth-order valence-electron chi connectivity index (χ4n) is 3.25. The minimum absolute atomic E-state index is 0.0437. The van der Waals surface area contributed by atoms with Crippen LogP contribution in [0.1, 0.15) is 35.2 Å². The van der Waals surface area contributed by atoms with E-state index in [1.807, 2.05) is 0 Å². The number of carbonyl (C=O) groups is 2. The highest BCUT2D eigenvalue weighted by Gasteiger charge is 2.24. The van der Waals surface area contributed by atoms with E-state index < -0.39 is 12.4 Å². The van der Waals surface area contributed by atoms with Gasteiger partial charge in [0.15, 0.2) is 5.78 Å². The highest BCUT2D eigenvalue weighted by molar-refractivity contribution is 6.31. The fraction of sp³-hybridized carbons (Fsp3) is 0.333. The molecule has 0 atom stereocenters. The lowest BCUT2D eigenvalue weighted by molar-refractivity contribution is 0.0903. The van der Waals surface area contributed by atoms with Gasteiger partial charge in [-0.3, -0.25) is 9.69 Å². The van der Waals surface area contributed by atoms with Crippen LogP contribution in [0.4, 0.5) is 14.9 Å². The number of amides is 2. The molecule has 1 aliphatic rings. The molecular formula is C21H22ClFN2O3. The minimum Gasteiger partial charge on any atom is -0.388 e. The third-order valence-electron chi connectivity index (χ3n) is 4.83. The summed E-state index contributed by atoms with van der Waals surface area (Å²) in [6.07, 6.45) is 3.02. The molecule has 0 bridgehead atoms. The number of aliphatic hydroxyl groups excluding tert-OH is 1. The third-order valence-corrected chi connectivity index (χ3v) is 5.12. The monoisotopic (exact) mass is 404 g/mol. The Bertz CT molecular complexity index is 851. The largest absolute Gasteiger partial charge is 0.388 e. The van der Waals surface area contributed by atoms with Crippen molar-refractivity contribution in [1.29, 1.82) is 0 Å². The van der Waals surface area contributed by atoms with E-state index in [1.165, 1.54) is 18.2 Å². The van der Waals surface area contributed by atoms with Crippen molar-refractivity contribution in [2.75, 3.05) is 24.6 Å². The molecule has 148 valence electrons. The number of hydrogen-bond donors (Lipinski definition) is 1. The number of rotatable bonds is 5. The number of ketones is 1. The fourth-order valence-corrected chi connectivity index (χ4v) is 3.42. The number of carbonyl (C=O) groups excluding carboxylic acids is 2. The Labute approximate surface area is 168 Å². The van der Waals surface area contributed by atoms with Gasteiger partial charge in [-0.2, -0.15) is 0 Å². The first-order valence-electron chi connectivity index (χ1n) is 9.24. The Kier molecular flexibility index (Phi) is 6.65. The van der Waals surface area contributed by atoms with Crippen molar-refractivity contribution in [3.05, 3.63) is 64.4 Å². The lowest BCUT2D eigenvalue weighted by Gasteiger charge is -2.33. The molecule has 7 heteroatoms. The van der Waals surface area contributed by atoms with E-state index in [0.29, 0.717) is 24.3 Å². The SMILES string of the molecule is O=C(CO)c1ccc(CN(C(=O)N2CCCCC2)c2ccc(F)c(Cl)c2)cc1. The first-order chi connectivity index (χ1) is 13.5. The summed E-state index contributed by atoms with van der Waals surface area (Å²) >= 11 is 5.94. The van der Waals surface area contributed by atoms with E-state index in [2.05, 4.69) is 0 Å². The number of likely N-dealkylation sites (tertiary alicyclic amines) is 1. The molecular weight excluding hydrogens is 383 g/mol. The summed E-state index contributed by atoms with van der Waals surface area (Å²) in [6, 6.07) is 10.8. The molecule has 2 aromatic carbocycles. The van der Waals surface area contributed by atoms with Gasteiger partial charge in [0.25, 0.3) is 0 Å². The number of piperidine rings is 1. The molecule has 0 saturated carbocycles. The van der Waals surface area contributed by atoms with Gasteiger partial charge in [0.05, 0.1) is 11.6 Å². The maximum Gasteiger partial charge on any atom is 0.324 e. The van der Waals surface area contributed by atoms with E-state index in [1.54, 1.807) is 34.1 Å². The number of Topliss-reactive ketones (excluding diaryl/α,β-unsaturated/α-hetero) is 1. The van der Waals surface area contributed by atoms with Crippen LogP contribution in [-0.2, 0) is 6.54 Å². The van der Waals surface area contributed by atoms with Crippen LogP contribution in [0.25, 0.3) is 0 Å². The van der Waals surface area contributed by atoms with Crippen LogP contribution in [0.5, 0.6) is 0 Å². The van der Waals surface area contributed by atoms with Crippen LogP contribution >= 0.6 is 11.6 Å². The van der Waals surface area contributed by atoms with Gasteiger partial charge < -0.3 is 10.0 Å². The molecule has 28 heavy (non-hydrogen) atoms. The van der Waals surface area contributed by atoms with Crippen molar-refractivity contribution < 1.29 is 19.1 Å². The molecule has 1 aliphatic heterocycles. The van der Waals surface area contributed by atoms with Crippen molar-refractivity contribution in [3.8, 4) is 0 Å². The first-order valence-corrected chi connectivity index (χ1v) is 9.62. The minimum atomic E-state index is -0.549. The van der Waals surface area contributed by atoms with Crippen LogP contribution in [0, 0.1) is 5.82 Å². The number of nitrogens with zero attached hydrogens (tertiary/aromatic N) is 2. The molecule has 1 fully saturated rings. The Morgan fingerprint density at radius 3 is 2.36 bits per heavy atom. The zero-order valence-corrected chi connectivity index (χ0v) is 16.2. The summed E-state index contributed by atoms with van der Waals surface area (Å²) < 4.78 is 13.6. The van der Waals surface area contributed by atoms with Crippen LogP contribution in [0.15, 0.2) is 42.5 Å². The molecule has 5 nitrogen and oxygen atoms in total. The summed E-state index contributed by atoms with van der Waals surface area (Å²) in [7, 11) is 0. The molecule has 2 amide bonds. The second-order valence-corrected chi connectivity index (χ2v) is 7.20. The molecule has 1 heterocycles.